The Morgan fingerprint density at radius 3 is 2.42 bits per heavy atom. The Bertz CT molecular complexity index is 1210. The molecule has 1 aliphatic carbocycles. The van der Waals surface area contributed by atoms with E-state index < -0.39 is 31.6 Å². The predicted octanol–water partition coefficient (Wildman–Crippen LogP) is 3.01. The van der Waals surface area contributed by atoms with Crippen LogP contribution >= 0.6 is 0 Å². The van der Waals surface area contributed by atoms with Crippen LogP contribution < -0.4 is 5.48 Å². The molecular weight excluding hydrogens is 461 g/mol. The molecule has 2 N–H and O–H groups in total. The number of aryl methyl sites for hydroxylation is 1. The van der Waals surface area contributed by atoms with Crippen LogP contribution in [-0.4, -0.2) is 42.4 Å². The number of nitrogens with zero attached hydrogens (tertiary/aromatic N) is 1. The molecule has 2 aromatic carbocycles. The van der Waals surface area contributed by atoms with E-state index in [9.17, 15) is 31.2 Å². The minimum atomic E-state index is -5.41. The topological polar surface area (TPSA) is 104 Å². The Morgan fingerprint density at radius 2 is 1.79 bits per heavy atom. The first kappa shape index (κ1) is 23.2. The number of alkyl halides is 3. The Kier molecular flexibility index (Phi) is 5.73. The maximum Gasteiger partial charge on any atom is 0.501 e. The number of rotatable bonds is 4. The number of carbonyl (C=O) groups is 2. The van der Waals surface area contributed by atoms with Gasteiger partial charge in [0.15, 0.2) is 0 Å². The van der Waals surface area contributed by atoms with Gasteiger partial charge in [-0.05, 0) is 66.6 Å². The van der Waals surface area contributed by atoms with Crippen LogP contribution in [0.5, 0.6) is 0 Å². The van der Waals surface area contributed by atoms with Gasteiger partial charge in [0.1, 0.15) is 0 Å². The van der Waals surface area contributed by atoms with E-state index in [1.807, 2.05) is 0 Å². The molecule has 176 valence electrons. The predicted molar refractivity (Wildman–Crippen MR) is 110 cm³/mol. The molecule has 1 atom stereocenters. The van der Waals surface area contributed by atoms with Gasteiger partial charge < -0.3 is 4.90 Å². The van der Waals surface area contributed by atoms with Crippen LogP contribution in [0.3, 0.4) is 0 Å². The van der Waals surface area contributed by atoms with Crippen LogP contribution in [0.25, 0.3) is 0 Å². The maximum absolute atomic E-state index is 13.3. The minimum Gasteiger partial charge on any atom is -0.338 e. The van der Waals surface area contributed by atoms with Gasteiger partial charge in [-0.25, -0.2) is 13.9 Å². The normalized spacial score (nSPS) is 20.7. The zero-order valence-electron chi connectivity index (χ0n) is 17.4. The van der Waals surface area contributed by atoms with Crippen molar-refractivity contribution < 1.29 is 36.4 Å². The molecule has 1 fully saturated rings. The fraction of sp³-hybridized carbons (Fsp3) is 0.364. The van der Waals surface area contributed by atoms with E-state index in [0.29, 0.717) is 43.4 Å². The summed E-state index contributed by atoms with van der Waals surface area (Å²) in [5.74, 6) is -0.646. The Hall–Kier alpha value is -2.92. The Balaban J connectivity index is 1.47. The number of hydrogen-bond donors (Lipinski definition) is 2. The molecule has 1 aliphatic heterocycles. The first-order valence-electron chi connectivity index (χ1n) is 10.2. The smallest absolute Gasteiger partial charge is 0.338 e. The average molecular weight is 482 g/mol. The molecule has 1 unspecified atom stereocenters. The lowest BCUT2D eigenvalue weighted by atomic mass is 9.70. The minimum absolute atomic E-state index is 0.0442. The first-order valence-corrected chi connectivity index (χ1v) is 11.7. The largest absolute Gasteiger partial charge is 0.501 e. The van der Waals surface area contributed by atoms with Crippen LogP contribution in [-0.2, 0) is 34.0 Å². The second kappa shape index (κ2) is 8.14. The lowest BCUT2D eigenvalue weighted by Gasteiger charge is -2.33. The van der Waals surface area contributed by atoms with Gasteiger partial charge in [-0.15, -0.1) is 0 Å². The molecule has 0 aromatic heterocycles. The van der Waals surface area contributed by atoms with Gasteiger partial charge in [-0.1, -0.05) is 18.2 Å². The highest BCUT2D eigenvalue weighted by Crippen LogP contribution is 2.44. The monoisotopic (exact) mass is 482 g/mol. The van der Waals surface area contributed by atoms with Crippen molar-refractivity contribution in [2.24, 2.45) is 5.41 Å². The van der Waals surface area contributed by atoms with E-state index in [2.05, 4.69) is 0 Å². The van der Waals surface area contributed by atoms with E-state index in [0.717, 1.165) is 23.3 Å². The zero-order chi connectivity index (χ0) is 24.0. The van der Waals surface area contributed by atoms with Gasteiger partial charge in [-0.3, -0.25) is 14.8 Å². The maximum atomic E-state index is 13.3. The van der Waals surface area contributed by atoms with E-state index in [-0.39, 0.29) is 12.5 Å². The van der Waals surface area contributed by atoms with Crippen LogP contribution in [0, 0.1) is 5.41 Å². The number of carbonyl (C=O) groups excluding carboxylic acids is 2. The lowest BCUT2D eigenvalue weighted by Crippen LogP contribution is -2.38. The number of halogens is 3. The van der Waals surface area contributed by atoms with E-state index in [1.165, 1.54) is 12.1 Å². The van der Waals surface area contributed by atoms with Crippen molar-refractivity contribution in [3.63, 3.8) is 0 Å². The summed E-state index contributed by atoms with van der Waals surface area (Å²) in [4.78, 5) is 25.7. The molecule has 2 aromatic rings. The second-order valence-corrected chi connectivity index (χ2v) is 10.4. The van der Waals surface area contributed by atoms with E-state index >= 15 is 0 Å². The van der Waals surface area contributed by atoms with Gasteiger partial charge in [0.2, 0.25) is 5.91 Å². The summed E-state index contributed by atoms with van der Waals surface area (Å²) < 4.78 is 61.2. The third-order valence-corrected chi connectivity index (χ3v) is 7.99. The molecule has 0 bridgehead atoms. The van der Waals surface area contributed by atoms with Gasteiger partial charge in [0, 0.05) is 18.7 Å². The van der Waals surface area contributed by atoms with Crippen molar-refractivity contribution in [1.82, 2.24) is 10.4 Å². The van der Waals surface area contributed by atoms with Gasteiger partial charge >= 0.3 is 5.51 Å². The standard InChI is InChI=1S/C22H21F3N2O5S/c23-22(24,25)33(31,32)18-5-1-14(2-6-18)13-27-10-9-21(20(27)29)8-7-15-11-16(19(28)26-30)3-4-17(15)12-21/h1-6,11,30H,7-10,12-13H2,(H,26,28). The first-order chi connectivity index (χ1) is 15.5. The molecule has 11 heteroatoms. The molecular formula is C22H21F3N2O5S. The van der Waals surface area contributed by atoms with Gasteiger partial charge in [0.25, 0.3) is 15.7 Å². The van der Waals surface area contributed by atoms with E-state index in [4.69, 9.17) is 5.21 Å². The van der Waals surface area contributed by atoms with Crippen molar-refractivity contribution in [3.05, 3.63) is 64.7 Å². The molecule has 1 saturated heterocycles. The van der Waals surface area contributed by atoms with Crippen LogP contribution in [0.4, 0.5) is 13.2 Å². The molecule has 2 amide bonds. The molecule has 7 nitrogen and oxygen atoms in total. The van der Waals surface area contributed by atoms with E-state index in [1.54, 1.807) is 28.6 Å². The molecule has 0 radical (unpaired) electrons. The summed E-state index contributed by atoms with van der Waals surface area (Å²) in [6.45, 7) is 0.664. The number of likely N-dealkylation sites (tertiary alicyclic amines) is 1. The fourth-order valence-corrected chi connectivity index (χ4v) is 5.39. The number of benzene rings is 2. The summed E-state index contributed by atoms with van der Waals surface area (Å²) in [5.41, 5.74) is -1.55. The summed E-state index contributed by atoms with van der Waals surface area (Å²) >= 11 is 0. The zero-order valence-corrected chi connectivity index (χ0v) is 18.2. The third kappa shape index (κ3) is 4.10. The number of hydroxylamine groups is 1. The van der Waals surface area contributed by atoms with Gasteiger partial charge in [-0.2, -0.15) is 13.2 Å². The molecule has 0 saturated carbocycles. The molecule has 33 heavy (non-hydrogen) atoms. The number of hydrogen-bond acceptors (Lipinski definition) is 5. The summed E-state index contributed by atoms with van der Waals surface area (Å²) in [6.07, 6.45) is 2.35. The highest BCUT2D eigenvalue weighted by molar-refractivity contribution is 7.92. The average Bonchev–Trinajstić information content (AvgIpc) is 3.07. The molecule has 2 aliphatic rings. The van der Waals surface area contributed by atoms with Crippen molar-refractivity contribution in [1.29, 1.82) is 0 Å². The number of nitrogens with one attached hydrogen (secondary N) is 1. The fourth-order valence-electron chi connectivity index (χ4n) is 4.63. The van der Waals surface area contributed by atoms with Crippen molar-refractivity contribution >= 4 is 21.7 Å². The van der Waals surface area contributed by atoms with Crippen molar-refractivity contribution in [2.45, 2.75) is 42.6 Å². The summed E-state index contributed by atoms with van der Waals surface area (Å²) in [7, 11) is -5.41. The number of amides is 2. The SMILES string of the molecule is O=C(NO)c1ccc2c(c1)CCC1(CCN(Cc3ccc(S(=O)(=O)C(F)(F)F)cc3)C1=O)C2. The number of fused-ring (bicyclic) bond motifs is 1. The number of sulfone groups is 1. The quantitative estimate of drug-likeness (QED) is 0.515. The van der Waals surface area contributed by atoms with Crippen molar-refractivity contribution in [3.8, 4) is 0 Å². The molecule has 1 spiro atoms. The Labute approximate surface area is 188 Å². The lowest BCUT2D eigenvalue weighted by molar-refractivity contribution is -0.137. The highest BCUT2D eigenvalue weighted by Gasteiger charge is 2.48. The van der Waals surface area contributed by atoms with Crippen LogP contribution in [0.2, 0.25) is 0 Å². The Morgan fingerprint density at radius 1 is 1.09 bits per heavy atom. The third-order valence-electron chi connectivity index (χ3n) is 6.48. The van der Waals surface area contributed by atoms with Crippen LogP contribution in [0.15, 0.2) is 47.4 Å². The molecule has 4 rings (SSSR count). The highest BCUT2D eigenvalue weighted by atomic mass is 32.2. The molecule has 1 heterocycles. The van der Waals surface area contributed by atoms with Gasteiger partial charge in [0.05, 0.1) is 10.3 Å². The summed E-state index contributed by atoms with van der Waals surface area (Å²) in [5, 5.41) is 8.81. The van der Waals surface area contributed by atoms with Crippen molar-refractivity contribution in [2.75, 3.05) is 6.54 Å². The second-order valence-electron chi connectivity index (χ2n) is 8.45. The van der Waals surface area contributed by atoms with Crippen LogP contribution in [0.1, 0.15) is 39.9 Å². The summed E-state index contributed by atoms with van der Waals surface area (Å²) in [6, 6.07) is 9.49.